The van der Waals surface area contributed by atoms with Gasteiger partial charge in [-0.1, -0.05) is 109 Å². The summed E-state index contributed by atoms with van der Waals surface area (Å²) in [6.45, 7) is 8.28. The van der Waals surface area contributed by atoms with Gasteiger partial charge in [0.25, 0.3) is 0 Å². The van der Waals surface area contributed by atoms with Crippen LogP contribution in [0.5, 0.6) is 0 Å². The minimum Gasteiger partial charge on any atom is -0.0990 e. The molecule has 0 heterocycles. The van der Waals surface area contributed by atoms with Crippen molar-refractivity contribution >= 4 is 5.57 Å². The van der Waals surface area contributed by atoms with Crippen molar-refractivity contribution in [3.05, 3.63) is 137 Å². The lowest BCUT2D eigenvalue weighted by Gasteiger charge is -2.34. The van der Waals surface area contributed by atoms with Crippen LogP contribution in [-0.2, 0) is 5.41 Å². The fourth-order valence-electron chi connectivity index (χ4n) is 4.53. The Kier molecular flexibility index (Phi) is 4.41. The van der Waals surface area contributed by atoms with Gasteiger partial charge in [0.1, 0.15) is 0 Å². The smallest absolute Gasteiger partial charge is 0.0710 e. The normalized spacial score (nSPS) is 17.9. The van der Waals surface area contributed by atoms with Crippen LogP contribution in [0.3, 0.4) is 0 Å². The molecule has 0 heteroatoms. The van der Waals surface area contributed by atoms with E-state index in [-0.39, 0.29) is 5.41 Å². The molecule has 0 fully saturated rings. The molecule has 3 aromatic carbocycles. The summed E-state index contributed by atoms with van der Waals surface area (Å²) in [6.07, 6.45) is 6.32. The van der Waals surface area contributed by atoms with Crippen LogP contribution in [0, 0.1) is 6.92 Å². The predicted molar refractivity (Wildman–Crippen MR) is 116 cm³/mol. The Bertz CT molecular complexity index is 994. The minimum absolute atomic E-state index is 0.310. The summed E-state index contributed by atoms with van der Waals surface area (Å²) >= 11 is 0. The molecule has 0 unspecified atom stereocenters. The van der Waals surface area contributed by atoms with Crippen LogP contribution in [0.2, 0.25) is 0 Å². The van der Waals surface area contributed by atoms with Crippen LogP contribution in [0.25, 0.3) is 5.57 Å². The van der Waals surface area contributed by atoms with Crippen molar-refractivity contribution in [2.24, 2.45) is 0 Å². The van der Waals surface area contributed by atoms with Crippen LogP contribution >= 0.6 is 0 Å². The number of hydrogen-bond donors (Lipinski definition) is 0. The Balaban J connectivity index is 2.19. The van der Waals surface area contributed by atoms with E-state index < -0.39 is 0 Å². The topological polar surface area (TPSA) is 0 Å². The standard InChI is InChI=1S/C27H24/c1-4-12-23-24-19-20(3)17-18-26(24)27(25(23)5-2,21-13-8-6-9-14-21)22-15-10-7-11-16-22/h4-19H,1H2,2-3H3/b23-12-,25-5+. The monoisotopic (exact) mass is 348 g/mol. The van der Waals surface area contributed by atoms with Crippen molar-refractivity contribution in [3.8, 4) is 0 Å². The van der Waals surface area contributed by atoms with E-state index in [4.69, 9.17) is 0 Å². The summed E-state index contributed by atoms with van der Waals surface area (Å²) in [4.78, 5) is 0. The minimum atomic E-state index is -0.310. The first-order chi connectivity index (χ1) is 13.2. The zero-order chi connectivity index (χ0) is 18.9. The fourth-order valence-corrected chi connectivity index (χ4v) is 4.53. The summed E-state index contributed by atoms with van der Waals surface area (Å²) in [5, 5.41) is 0. The Morgan fingerprint density at radius 3 is 1.93 bits per heavy atom. The molecule has 0 nitrogen and oxygen atoms in total. The molecular formula is C27H24. The quantitative estimate of drug-likeness (QED) is 0.485. The maximum atomic E-state index is 3.98. The van der Waals surface area contributed by atoms with Crippen LogP contribution in [-0.4, -0.2) is 0 Å². The second-order valence-corrected chi connectivity index (χ2v) is 7.05. The number of hydrogen-bond acceptors (Lipinski definition) is 0. The van der Waals surface area contributed by atoms with Crippen molar-refractivity contribution in [2.45, 2.75) is 19.3 Å². The van der Waals surface area contributed by atoms with E-state index in [9.17, 15) is 0 Å². The molecule has 3 aromatic rings. The van der Waals surface area contributed by atoms with Crippen molar-refractivity contribution < 1.29 is 0 Å². The van der Waals surface area contributed by atoms with Gasteiger partial charge in [0, 0.05) is 0 Å². The molecule has 0 N–H and O–H groups in total. The van der Waals surface area contributed by atoms with E-state index in [2.05, 4.69) is 111 Å². The SMILES string of the molecule is C=C/C=C1\C(=C/C)C(c2ccccc2)(c2ccccc2)c2ccc(C)cc21. The number of benzene rings is 3. The zero-order valence-electron chi connectivity index (χ0n) is 15.9. The first-order valence-electron chi connectivity index (χ1n) is 9.46. The molecule has 1 aliphatic carbocycles. The maximum absolute atomic E-state index is 3.98. The van der Waals surface area contributed by atoms with E-state index in [1.54, 1.807) is 0 Å². The fraction of sp³-hybridized carbons (Fsp3) is 0.111. The summed E-state index contributed by atoms with van der Waals surface area (Å²) in [5.74, 6) is 0. The second kappa shape index (κ2) is 6.89. The van der Waals surface area contributed by atoms with Gasteiger partial charge in [-0.15, -0.1) is 0 Å². The van der Waals surface area contributed by atoms with Gasteiger partial charge in [-0.2, -0.15) is 0 Å². The lowest BCUT2D eigenvalue weighted by molar-refractivity contribution is 0.767. The summed E-state index contributed by atoms with van der Waals surface area (Å²) in [6, 6.07) is 28.5. The van der Waals surface area contributed by atoms with Gasteiger partial charge in [-0.25, -0.2) is 0 Å². The van der Waals surface area contributed by atoms with E-state index in [0.717, 1.165) is 0 Å². The molecule has 0 radical (unpaired) electrons. The number of fused-ring (bicyclic) bond motifs is 1. The average molecular weight is 348 g/mol. The van der Waals surface area contributed by atoms with E-state index in [1.165, 1.54) is 39.0 Å². The maximum Gasteiger partial charge on any atom is 0.0710 e. The number of allylic oxidation sites excluding steroid dienone is 5. The van der Waals surface area contributed by atoms with E-state index in [1.807, 2.05) is 6.08 Å². The third-order valence-electron chi connectivity index (χ3n) is 5.55. The van der Waals surface area contributed by atoms with E-state index >= 15 is 0 Å². The lowest BCUT2D eigenvalue weighted by atomic mass is 9.67. The molecule has 0 saturated carbocycles. The van der Waals surface area contributed by atoms with Crippen molar-refractivity contribution in [1.82, 2.24) is 0 Å². The third kappa shape index (κ3) is 2.52. The summed E-state index contributed by atoms with van der Waals surface area (Å²) in [5.41, 5.74) is 8.77. The average Bonchev–Trinajstić information content (AvgIpc) is 2.99. The highest BCUT2D eigenvalue weighted by Crippen LogP contribution is 2.57. The largest absolute Gasteiger partial charge is 0.0990 e. The molecule has 0 saturated heterocycles. The zero-order valence-corrected chi connectivity index (χ0v) is 15.9. The molecule has 0 atom stereocenters. The molecule has 0 amide bonds. The van der Waals surface area contributed by atoms with Crippen LogP contribution in [0.1, 0.15) is 34.7 Å². The van der Waals surface area contributed by atoms with Gasteiger partial charge in [-0.05, 0) is 47.2 Å². The van der Waals surface area contributed by atoms with Gasteiger partial charge < -0.3 is 0 Å². The summed E-state index contributed by atoms with van der Waals surface area (Å²) in [7, 11) is 0. The lowest BCUT2D eigenvalue weighted by Crippen LogP contribution is -2.28. The number of aryl methyl sites for hydroxylation is 1. The highest BCUT2D eigenvalue weighted by atomic mass is 14.5. The second-order valence-electron chi connectivity index (χ2n) is 7.05. The van der Waals surface area contributed by atoms with Gasteiger partial charge in [0.2, 0.25) is 0 Å². The molecule has 27 heavy (non-hydrogen) atoms. The highest BCUT2D eigenvalue weighted by molar-refractivity contribution is 5.94. The van der Waals surface area contributed by atoms with Gasteiger partial charge in [0.05, 0.1) is 5.41 Å². The predicted octanol–water partition coefficient (Wildman–Crippen LogP) is 6.86. The molecule has 1 aliphatic rings. The van der Waals surface area contributed by atoms with Crippen LogP contribution < -0.4 is 0 Å². The molecule has 0 aliphatic heterocycles. The third-order valence-corrected chi connectivity index (χ3v) is 5.55. The van der Waals surface area contributed by atoms with Crippen molar-refractivity contribution in [2.75, 3.05) is 0 Å². The van der Waals surface area contributed by atoms with Crippen molar-refractivity contribution in [1.29, 1.82) is 0 Å². The highest BCUT2D eigenvalue weighted by Gasteiger charge is 2.47. The van der Waals surface area contributed by atoms with Crippen LogP contribution in [0.15, 0.2) is 109 Å². The van der Waals surface area contributed by atoms with Crippen LogP contribution in [0.4, 0.5) is 0 Å². The molecular weight excluding hydrogens is 324 g/mol. The van der Waals surface area contributed by atoms with E-state index in [0.29, 0.717) is 0 Å². The van der Waals surface area contributed by atoms with Crippen molar-refractivity contribution in [3.63, 3.8) is 0 Å². The first-order valence-corrected chi connectivity index (χ1v) is 9.46. The Hall–Kier alpha value is -3.12. The molecule has 0 bridgehead atoms. The molecule has 0 aromatic heterocycles. The molecule has 4 rings (SSSR count). The van der Waals surface area contributed by atoms with Gasteiger partial charge in [-0.3, -0.25) is 0 Å². The van der Waals surface area contributed by atoms with Gasteiger partial charge in [0.15, 0.2) is 0 Å². The van der Waals surface area contributed by atoms with Gasteiger partial charge >= 0.3 is 0 Å². The molecule has 0 spiro atoms. The Labute approximate surface area is 162 Å². The molecule has 132 valence electrons. The Morgan fingerprint density at radius 1 is 0.815 bits per heavy atom. The first kappa shape index (κ1) is 17.3. The number of rotatable bonds is 3. The summed E-state index contributed by atoms with van der Waals surface area (Å²) < 4.78 is 0. The Morgan fingerprint density at radius 2 is 1.41 bits per heavy atom.